The molecule has 0 amide bonds. The van der Waals surface area contributed by atoms with Crippen molar-refractivity contribution in [1.29, 1.82) is 0 Å². The first-order chi connectivity index (χ1) is 8.63. The molecule has 0 saturated carbocycles. The zero-order valence-electron chi connectivity index (χ0n) is 10.8. The van der Waals surface area contributed by atoms with Gasteiger partial charge in [0.15, 0.2) is 5.76 Å². The molecule has 1 N–H and O–H groups in total. The maximum atomic E-state index is 6.06. The first kappa shape index (κ1) is 11.3. The van der Waals surface area contributed by atoms with Crippen LogP contribution in [0.3, 0.4) is 0 Å². The monoisotopic (exact) mass is 244 g/mol. The first-order valence-electron chi connectivity index (χ1n) is 6.05. The maximum Gasteiger partial charge on any atom is 0.178 e. The van der Waals surface area contributed by atoms with Gasteiger partial charge in [-0.1, -0.05) is 17.3 Å². The second-order valence-electron chi connectivity index (χ2n) is 4.97. The summed E-state index contributed by atoms with van der Waals surface area (Å²) >= 11 is 0. The van der Waals surface area contributed by atoms with Crippen molar-refractivity contribution in [2.45, 2.75) is 26.0 Å². The molecule has 0 fully saturated rings. The number of ether oxygens (including phenoxy) is 1. The third-order valence-electron chi connectivity index (χ3n) is 3.21. The maximum absolute atomic E-state index is 6.06. The summed E-state index contributed by atoms with van der Waals surface area (Å²) in [4.78, 5) is 0. The number of aromatic nitrogens is 1. The number of benzene rings is 1. The normalized spacial score (nSPS) is 15.7. The Morgan fingerprint density at radius 2 is 2.06 bits per heavy atom. The Hall–Kier alpha value is -1.81. The minimum absolute atomic E-state index is 0.421. The first-order valence-corrected chi connectivity index (χ1v) is 6.05. The Kier molecular flexibility index (Phi) is 2.41. The summed E-state index contributed by atoms with van der Waals surface area (Å²) in [6.07, 6.45) is 0. The average Bonchev–Trinajstić information content (AvgIpc) is 2.74. The van der Waals surface area contributed by atoms with E-state index in [0.29, 0.717) is 6.54 Å². The lowest BCUT2D eigenvalue weighted by molar-refractivity contribution is 0.103. The molecule has 0 spiro atoms. The molecule has 4 heteroatoms. The summed E-state index contributed by atoms with van der Waals surface area (Å²) < 4.78 is 11.6. The van der Waals surface area contributed by atoms with Crippen molar-refractivity contribution in [2.75, 3.05) is 7.05 Å². The van der Waals surface area contributed by atoms with Crippen LogP contribution in [-0.2, 0) is 12.1 Å². The van der Waals surface area contributed by atoms with Crippen molar-refractivity contribution in [3.8, 4) is 17.1 Å². The minimum atomic E-state index is -0.421. The number of hydrogen-bond donors (Lipinski definition) is 1. The van der Waals surface area contributed by atoms with E-state index in [0.717, 1.165) is 28.3 Å². The fourth-order valence-electron chi connectivity index (χ4n) is 2.49. The van der Waals surface area contributed by atoms with Crippen LogP contribution in [0, 0.1) is 0 Å². The van der Waals surface area contributed by atoms with Gasteiger partial charge in [0, 0.05) is 6.54 Å². The molecule has 0 aliphatic carbocycles. The van der Waals surface area contributed by atoms with Gasteiger partial charge >= 0.3 is 0 Å². The van der Waals surface area contributed by atoms with E-state index in [1.54, 1.807) is 0 Å². The molecule has 94 valence electrons. The van der Waals surface area contributed by atoms with Crippen LogP contribution in [0.2, 0.25) is 0 Å². The smallest absolute Gasteiger partial charge is 0.178 e. The molecule has 18 heavy (non-hydrogen) atoms. The molecule has 4 nitrogen and oxygen atoms in total. The summed E-state index contributed by atoms with van der Waals surface area (Å²) in [5, 5.41) is 7.27. The molecule has 0 radical (unpaired) electrons. The van der Waals surface area contributed by atoms with E-state index in [-0.39, 0.29) is 0 Å². The summed E-state index contributed by atoms with van der Waals surface area (Å²) in [6.45, 7) is 4.75. The van der Waals surface area contributed by atoms with Gasteiger partial charge in [-0.05, 0) is 33.0 Å². The summed E-state index contributed by atoms with van der Waals surface area (Å²) in [5.41, 5.74) is 2.50. The average molecular weight is 244 g/mol. The van der Waals surface area contributed by atoms with E-state index >= 15 is 0 Å². The third-order valence-corrected chi connectivity index (χ3v) is 3.21. The predicted octanol–water partition coefficient (Wildman–Crippen LogP) is 2.69. The van der Waals surface area contributed by atoms with Crippen LogP contribution in [0.25, 0.3) is 11.3 Å². The van der Waals surface area contributed by atoms with Crippen molar-refractivity contribution in [1.82, 2.24) is 10.5 Å². The fraction of sp³-hybridized carbons (Fsp3) is 0.357. The fourth-order valence-corrected chi connectivity index (χ4v) is 2.49. The lowest BCUT2D eigenvalue weighted by atomic mass is 9.90. The number of hydrogen-bond acceptors (Lipinski definition) is 4. The molecular formula is C14H16N2O2. The summed E-state index contributed by atoms with van der Waals surface area (Å²) in [6, 6.07) is 7.90. The molecule has 0 bridgehead atoms. The highest BCUT2D eigenvalue weighted by Gasteiger charge is 2.38. The van der Waals surface area contributed by atoms with Gasteiger partial charge in [0.05, 0.1) is 11.1 Å². The molecule has 2 heterocycles. The SMILES string of the molecule is CNCc1noc2c1C(C)(C)Oc1ccccc1-2. The Morgan fingerprint density at radius 3 is 2.83 bits per heavy atom. The molecule has 2 aromatic rings. The quantitative estimate of drug-likeness (QED) is 0.882. The van der Waals surface area contributed by atoms with E-state index in [1.165, 1.54) is 0 Å². The number of para-hydroxylation sites is 1. The van der Waals surface area contributed by atoms with E-state index in [4.69, 9.17) is 9.26 Å². The van der Waals surface area contributed by atoms with Crippen LogP contribution < -0.4 is 10.1 Å². The zero-order valence-corrected chi connectivity index (χ0v) is 10.8. The Bertz CT molecular complexity index is 587. The number of nitrogens with one attached hydrogen (secondary N) is 1. The van der Waals surface area contributed by atoms with Crippen LogP contribution in [0.5, 0.6) is 5.75 Å². The zero-order chi connectivity index (χ0) is 12.8. The van der Waals surface area contributed by atoms with Crippen molar-refractivity contribution in [3.63, 3.8) is 0 Å². The van der Waals surface area contributed by atoms with Gasteiger partial charge in [-0.25, -0.2) is 0 Å². The summed E-state index contributed by atoms with van der Waals surface area (Å²) in [5.74, 6) is 1.68. The van der Waals surface area contributed by atoms with Crippen LogP contribution >= 0.6 is 0 Å². The number of rotatable bonds is 2. The lowest BCUT2D eigenvalue weighted by Gasteiger charge is -2.32. The van der Waals surface area contributed by atoms with E-state index in [1.807, 2.05) is 45.2 Å². The predicted molar refractivity (Wildman–Crippen MR) is 68.4 cm³/mol. The number of fused-ring (bicyclic) bond motifs is 3. The molecular weight excluding hydrogens is 228 g/mol. The number of nitrogens with zero attached hydrogens (tertiary/aromatic N) is 1. The second kappa shape index (κ2) is 3.85. The second-order valence-corrected chi connectivity index (χ2v) is 4.97. The van der Waals surface area contributed by atoms with Gasteiger partial charge < -0.3 is 14.6 Å². The van der Waals surface area contributed by atoms with Crippen LogP contribution in [-0.4, -0.2) is 12.2 Å². The Labute approximate surface area is 106 Å². The largest absolute Gasteiger partial charge is 0.482 e. The van der Waals surface area contributed by atoms with Crippen molar-refractivity contribution in [2.24, 2.45) is 0 Å². The van der Waals surface area contributed by atoms with Gasteiger partial charge in [-0.15, -0.1) is 0 Å². The molecule has 0 saturated heterocycles. The topological polar surface area (TPSA) is 47.3 Å². The van der Waals surface area contributed by atoms with Crippen molar-refractivity contribution >= 4 is 0 Å². The van der Waals surface area contributed by atoms with Gasteiger partial charge in [-0.2, -0.15) is 0 Å². The molecule has 0 atom stereocenters. The molecule has 0 unspecified atom stereocenters. The Morgan fingerprint density at radius 1 is 1.28 bits per heavy atom. The van der Waals surface area contributed by atoms with E-state index in [2.05, 4.69) is 10.5 Å². The van der Waals surface area contributed by atoms with Gasteiger partial charge in [-0.3, -0.25) is 0 Å². The van der Waals surface area contributed by atoms with Gasteiger partial charge in [0.25, 0.3) is 0 Å². The third kappa shape index (κ3) is 1.53. The Balaban J connectivity index is 2.23. The lowest BCUT2D eigenvalue weighted by Crippen LogP contribution is -2.30. The van der Waals surface area contributed by atoms with Crippen LogP contribution in [0.4, 0.5) is 0 Å². The highest BCUT2D eigenvalue weighted by atomic mass is 16.5. The molecule has 1 aliphatic rings. The molecule has 1 aromatic carbocycles. The van der Waals surface area contributed by atoms with Gasteiger partial charge in [0.1, 0.15) is 17.0 Å². The summed E-state index contributed by atoms with van der Waals surface area (Å²) in [7, 11) is 1.89. The van der Waals surface area contributed by atoms with Crippen LogP contribution in [0.15, 0.2) is 28.8 Å². The van der Waals surface area contributed by atoms with Crippen LogP contribution in [0.1, 0.15) is 25.1 Å². The van der Waals surface area contributed by atoms with E-state index in [9.17, 15) is 0 Å². The minimum Gasteiger partial charge on any atom is -0.482 e. The van der Waals surface area contributed by atoms with Crippen molar-refractivity contribution < 1.29 is 9.26 Å². The van der Waals surface area contributed by atoms with Crippen molar-refractivity contribution in [3.05, 3.63) is 35.5 Å². The highest BCUT2D eigenvalue weighted by Crippen LogP contribution is 2.46. The van der Waals surface area contributed by atoms with E-state index < -0.39 is 5.60 Å². The molecule has 3 rings (SSSR count). The molecule has 1 aliphatic heterocycles. The molecule has 1 aromatic heterocycles. The highest BCUT2D eigenvalue weighted by molar-refractivity contribution is 5.72. The standard InChI is InChI=1S/C14H16N2O2/c1-14(2)12-10(8-15-3)16-18-13(12)9-6-4-5-7-11(9)17-14/h4-7,15H,8H2,1-3H3. The van der Waals surface area contributed by atoms with Gasteiger partial charge in [0.2, 0.25) is 0 Å².